The molecule has 0 unspecified atom stereocenters. The number of nitrogens with one attached hydrogen (secondary N) is 1. The van der Waals surface area contributed by atoms with Crippen molar-refractivity contribution in [2.24, 2.45) is 5.41 Å². The summed E-state index contributed by atoms with van der Waals surface area (Å²) in [6.45, 7) is 6.36. The Morgan fingerprint density at radius 2 is 1.71 bits per heavy atom. The first-order valence-corrected chi connectivity index (χ1v) is 12.2. The highest BCUT2D eigenvalue weighted by Gasteiger charge is 2.43. The molecular weight excluding hydrogens is 444 g/mol. The Labute approximate surface area is 199 Å². The average Bonchev–Trinajstić information content (AvgIpc) is 3.23. The number of benzene rings is 1. The standard InChI is InChI=1S/C25H35F2N3O4/c1-3-34-20(31)7-5-4-6-13-28-24(33)30-16-12-25(17-30)10-14-29(15-11-25)23(32)21-19(26)9-8-18(2)22(21)27/h8-9H,3-7,10-17H2,1-2H3,(H,28,33). The molecule has 7 nitrogen and oxygen atoms in total. The first kappa shape index (κ1) is 25.9. The first-order valence-electron chi connectivity index (χ1n) is 12.2. The molecule has 0 radical (unpaired) electrons. The molecule has 2 saturated heterocycles. The van der Waals surface area contributed by atoms with E-state index in [1.54, 1.807) is 6.92 Å². The molecule has 0 aromatic heterocycles. The molecule has 0 atom stereocenters. The van der Waals surface area contributed by atoms with Crippen LogP contribution in [0.15, 0.2) is 12.1 Å². The number of ether oxygens (including phenoxy) is 1. The van der Waals surface area contributed by atoms with E-state index in [0.717, 1.165) is 31.7 Å². The lowest BCUT2D eigenvalue weighted by Crippen LogP contribution is -2.46. The van der Waals surface area contributed by atoms with Crippen LogP contribution < -0.4 is 5.32 Å². The largest absolute Gasteiger partial charge is 0.466 e. The Kier molecular flexibility index (Phi) is 8.85. The van der Waals surface area contributed by atoms with Crippen molar-refractivity contribution in [3.05, 3.63) is 34.9 Å². The van der Waals surface area contributed by atoms with Crippen LogP contribution in [0.3, 0.4) is 0 Å². The van der Waals surface area contributed by atoms with Gasteiger partial charge in [-0.3, -0.25) is 9.59 Å². The monoisotopic (exact) mass is 479 g/mol. The van der Waals surface area contributed by atoms with E-state index in [-0.39, 0.29) is 23.0 Å². The molecule has 1 aromatic carbocycles. The van der Waals surface area contributed by atoms with Crippen LogP contribution in [0.5, 0.6) is 0 Å². The number of carbonyl (C=O) groups is 3. The van der Waals surface area contributed by atoms with Crippen molar-refractivity contribution < 1.29 is 27.9 Å². The van der Waals surface area contributed by atoms with E-state index in [1.807, 2.05) is 4.90 Å². The number of aryl methyl sites for hydroxylation is 1. The topological polar surface area (TPSA) is 79.0 Å². The molecule has 2 heterocycles. The molecule has 1 aromatic rings. The second-order valence-electron chi connectivity index (χ2n) is 9.36. The summed E-state index contributed by atoms with van der Waals surface area (Å²) in [6, 6.07) is 2.36. The van der Waals surface area contributed by atoms with Gasteiger partial charge in [-0.2, -0.15) is 0 Å². The van der Waals surface area contributed by atoms with Crippen molar-refractivity contribution in [1.29, 1.82) is 0 Å². The molecule has 0 bridgehead atoms. The van der Waals surface area contributed by atoms with Gasteiger partial charge in [0.15, 0.2) is 0 Å². The predicted molar refractivity (Wildman–Crippen MR) is 123 cm³/mol. The summed E-state index contributed by atoms with van der Waals surface area (Å²) in [5.41, 5.74) is -0.294. The van der Waals surface area contributed by atoms with E-state index in [1.165, 1.54) is 17.9 Å². The highest BCUT2D eigenvalue weighted by Crippen LogP contribution is 2.40. The number of likely N-dealkylation sites (tertiary alicyclic amines) is 2. The molecule has 1 spiro atoms. The van der Waals surface area contributed by atoms with E-state index in [9.17, 15) is 23.2 Å². The van der Waals surface area contributed by atoms with Crippen molar-refractivity contribution in [3.63, 3.8) is 0 Å². The van der Waals surface area contributed by atoms with Gasteiger partial charge in [0, 0.05) is 39.1 Å². The molecule has 34 heavy (non-hydrogen) atoms. The number of hydrogen-bond acceptors (Lipinski definition) is 4. The van der Waals surface area contributed by atoms with E-state index in [4.69, 9.17) is 4.74 Å². The van der Waals surface area contributed by atoms with Gasteiger partial charge in [-0.05, 0) is 63.0 Å². The second kappa shape index (κ2) is 11.6. The van der Waals surface area contributed by atoms with Crippen LogP contribution in [0, 0.1) is 24.0 Å². The maximum atomic E-state index is 14.4. The molecule has 3 amide bonds. The number of esters is 1. The number of carbonyl (C=O) groups excluding carboxylic acids is 3. The van der Waals surface area contributed by atoms with Gasteiger partial charge in [-0.1, -0.05) is 12.5 Å². The van der Waals surface area contributed by atoms with Gasteiger partial charge in [0.1, 0.15) is 17.2 Å². The summed E-state index contributed by atoms with van der Waals surface area (Å²) in [4.78, 5) is 40.0. The molecule has 188 valence electrons. The fraction of sp³-hybridized carbons (Fsp3) is 0.640. The third kappa shape index (κ3) is 6.24. The Morgan fingerprint density at radius 1 is 1.03 bits per heavy atom. The van der Waals surface area contributed by atoms with Gasteiger partial charge >= 0.3 is 12.0 Å². The van der Waals surface area contributed by atoms with Gasteiger partial charge in [0.25, 0.3) is 5.91 Å². The van der Waals surface area contributed by atoms with Crippen LogP contribution in [-0.4, -0.2) is 67.0 Å². The van der Waals surface area contributed by atoms with Gasteiger partial charge in [-0.25, -0.2) is 13.6 Å². The van der Waals surface area contributed by atoms with Gasteiger partial charge < -0.3 is 19.9 Å². The van der Waals surface area contributed by atoms with E-state index < -0.39 is 23.1 Å². The number of amides is 3. The van der Waals surface area contributed by atoms with Crippen LogP contribution in [0.25, 0.3) is 0 Å². The molecule has 2 fully saturated rings. The van der Waals surface area contributed by atoms with Crippen LogP contribution in [0.4, 0.5) is 13.6 Å². The van der Waals surface area contributed by atoms with E-state index in [0.29, 0.717) is 58.6 Å². The smallest absolute Gasteiger partial charge is 0.317 e. The molecule has 0 saturated carbocycles. The van der Waals surface area contributed by atoms with Crippen molar-refractivity contribution in [2.45, 2.75) is 58.8 Å². The fourth-order valence-electron chi connectivity index (χ4n) is 4.82. The highest BCUT2D eigenvalue weighted by molar-refractivity contribution is 5.95. The summed E-state index contributed by atoms with van der Waals surface area (Å²) in [7, 11) is 0. The predicted octanol–water partition coefficient (Wildman–Crippen LogP) is 4.03. The van der Waals surface area contributed by atoms with Gasteiger partial charge in [0.2, 0.25) is 0 Å². The van der Waals surface area contributed by atoms with Crippen LogP contribution in [0.1, 0.15) is 67.8 Å². The maximum absolute atomic E-state index is 14.4. The highest BCUT2D eigenvalue weighted by atomic mass is 19.1. The zero-order valence-corrected chi connectivity index (χ0v) is 20.1. The van der Waals surface area contributed by atoms with Crippen LogP contribution >= 0.6 is 0 Å². The third-order valence-electron chi connectivity index (χ3n) is 6.97. The number of urea groups is 1. The number of halogens is 2. The van der Waals surface area contributed by atoms with Gasteiger partial charge in [0.05, 0.1) is 6.61 Å². The summed E-state index contributed by atoms with van der Waals surface area (Å²) >= 11 is 0. The molecule has 9 heteroatoms. The normalized spacial score (nSPS) is 17.2. The molecule has 0 aliphatic carbocycles. The van der Waals surface area contributed by atoms with Crippen LogP contribution in [-0.2, 0) is 9.53 Å². The Morgan fingerprint density at radius 3 is 2.38 bits per heavy atom. The lowest BCUT2D eigenvalue weighted by molar-refractivity contribution is -0.143. The zero-order chi connectivity index (χ0) is 24.7. The maximum Gasteiger partial charge on any atom is 0.317 e. The summed E-state index contributed by atoms with van der Waals surface area (Å²) in [5.74, 6) is -2.42. The SMILES string of the molecule is CCOC(=O)CCCCCNC(=O)N1CCC2(CCN(C(=O)c3c(F)ccc(C)c3F)CC2)C1. The van der Waals surface area contributed by atoms with E-state index >= 15 is 0 Å². The Bertz CT molecular complexity index is 900. The number of unbranched alkanes of at least 4 members (excludes halogenated alkanes) is 2. The second-order valence-corrected chi connectivity index (χ2v) is 9.36. The average molecular weight is 480 g/mol. The number of nitrogens with zero attached hydrogens (tertiary/aromatic N) is 2. The lowest BCUT2D eigenvalue weighted by Gasteiger charge is -2.39. The number of rotatable bonds is 8. The minimum absolute atomic E-state index is 0.0581. The number of hydrogen-bond donors (Lipinski definition) is 1. The molecular formula is C25H35F2N3O4. The van der Waals surface area contributed by atoms with Crippen molar-refractivity contribution in [3.8, 4) is 0 Å². The molecule has 1 N–H and O–H groups in total. The minimum atomic E-state index is -0.835. The molecule has 3 rings (SSSR count). The molecule has 2 aliphatic rings. The summed E-state index contributed by atoms with van der Waals surface area (Å²) < 4.78 is 33.4. The minimum Gasteiger partial charge on any atom is -0.466 e. The quantitative estimate of drug-likeness (QED) is 0.451. The summed E-state index contributed by atoms with van der Waals surface area (Å²) in [6.07, 6.45) is 5.04. The summed E-state index contributed by atoms with van der Waals surface area (Å²) in [5, 5.41) is 2.95. The Balaban J connectivity index is 1.41. The van der Waals surface area contributed by atoms with E-state index in [2.05, 4.69) is 5.32 Å². The molecule has 2 aliphatic heterocycles. The van der Waals surface area contributed by atoms with Gasteiger partial charge in [-0.15, -0.1) is 0 Å². The first-order chi connectivity index (χ1) is 16.3. The van der Waals surface area contributed by atoms with Crippen molar-refractivity contribution in [1.82, 2.24) is 15.1 Å². The van der Waals surface area contributed by atoms with Crippen molar-refractivity contribution >= 4 is 17.9 Å². The van der Waals surface area contributed by atoms with Crippen molar-refractivity contribution in [2.75, 3.05) is 39.3 Å². The van der Waals surface area contributed by atoms with Crippen LogP contribution in [0.2, 0.25) is 0 Å². The lowest BCUT2D eigenvalue weighted by atomic mass is 9.77. The number of piperidine rings is 1. The third-order valence-corrected chi connectivity index (χ3v) is 6.97. The Hall–Kier alpha value is -2.71. The zero-order valence-electron chi connectivity index (χ0n) is 20.1. The fourth-order valence-corrected chi connectivity index (χ4v) is 4.82.